The van der Waals surface area contributed by atoms with Gasteiger partial charge in [-0.25, -0.2) is 18.7 Å². The van der Waals surface area contributed by atoms with Crippen molar-refractivity contribution in [1.29, 1.82) is 0 Å². The fourth-order valence-corrected chi connectivity index (χ4v) is 0.700. The lowest BCUT2D eigenvalue weighted by molar-refractivity contribution is 0.150. The van der Waals surface area contributed by atoms with E-state index >= 15 is 0 Å². The van der Waals surface area contributed by atoms with E-state index in [0.717, 1.165) is 12.4 Å². The van der Waals surface area contributed by atoms with E-state index in [1.165, 1.54) is 0 Å². The Balaban J connectivity index is 2.71. The van der Waals surface area contributed by atoms with Crippen LogP contribution in [0.2, 0.25) is 0 Å². The molecule has 0 bridgehead atoms. The van der Waals surface area contributed by atoms with Crippen molar-refractivity contribution in [2.24, 2.45) is 0 Å². The molecule has 5 heteroatoms. The first-order valence-corrected chi connectivity index (χ1v) is 3.58. The molecule has 0 amide bonds. The quantitative estimate of drug-likeness (QED) is 0.757. The lowest BCUT2D eigenvalue weighted by Crippen LogP contribution is -2.02. The number of hydrogen-bond donors (Lipinski definition) is 1. The third kappa shape index (κ3) is 2.11. The molecule has 0 atom stereocenters. The summed E-state index contributed by atoms with van der Waals surface area (Å²) in [5, 5.41) is 2.81. The van der Waals surface area contributed by atoms with Gasteiger partial charge in [-0.1, -0.05) is 0 Å². The van der Waals surface area contributed by atoms with Crippen molar-refractivity contribution < 1.29 is 8.78 Å². The molecule has 0 aromatic carbocycles. The molecule has 0 aliphatic rings. The van der Waals surface area contributed by atoms with Gasteiger partial charge in [0, 0.05) is 18.9 Å². The topological polar surface area (TPSA) is 37.8 Å². The van der Waals surface area contributed by atoms with Crippen LogP contribution in [-0.4, -0.2) is 16.5 Å². The van der Waals surface area contributed by atoms with Crippen LogP contribution in [0.5, 0.6) is 0 Å². The van der Waals surface area contributed by atoms with Crippen molar-refractivity contribution in [2.45, 2.75) is 13.3 Å². The third-order valence-corrected chi connectivity index (χ3v) is 1.26. The minimum atomic E-state index is -2.50. The van der Waals surface area contributed by atoms with Crippen molar-refractivity contribution in [3.05, 3.63) is 18.0 Å². The minimum absolute atomic E-state index is 0.156. The van der Waals surface area contributed by atoms with E-state index in [-0.39, 0.29) is 5.56 Å². The first kappa shape index (κ1) is 8.83. The van der Waals surface area contributed by atoms with E-state index in [1.807, 2.05) is 6.92 Å². The van der Waals surface area contributed by atoms with E-state index in [1.54, 1.807) is 0 Å². The smallest absolute Gasteiger partial charge is 0.266 e. The molecule has 1 heterocycles. The van der Waals surface area contributed by atoms with Crippen LogP contribution in [0, 0.1) is 0 Å². The van der Waals surface area contributed by atoms with E-state index in [2.05, 4.69) is 15.3 Å². The number of alkyl halides is 2. The highest BCUT2D eigenvalue weighted by Gasteiger charge is 2.06. The third-order valence-electron chi connectivity index (χ3n) is 1.26. The molecule has 66 valence electrons. The Morgan fingerprint density at radius 3 is 2.42 bits per heavy atom. The van der Waals surface area contributed by atoms with Gasteiger partial charge >= 0.3 is 0 Å². The summed E-state index contributed by atoms with van der Waals surface area (Å²) in [6.45, 7) is 2.55. The van der Waals surface area contributed by atoms with Gasteiger partial charge < -0.3 is 5.32 Å². The molecule has 1 N–H and O–H groups in total. The van der Waals surface area contributed by atoms with Gasteiger partial charge in [-0.05, 0) is 6.92 Å². The molecule has 0 aliphatic heterocycles. The van der Waals surface area contributed by atoms with Crippen LogP contribution in [0.1, 0.15) is 18.9 Å². The van der Waals surface area contributed by atoms with E-state index < -0.39 is 6.43 Å². The summed E-state index contributed by atoms with van der Waals surface area (Å²) in [5.74, 6) is 0.377. The van der Waals surface area contributed by atoms with Crippen LogP contribution < -0.4 is 5.32 Å². The Bertz CT molecular complexity index is 235. The molecule has 0 unspecified atom stereocenters. The average molecular weight is 173 g/mol. The summed E-state index contributed by atoms with van der Waals surface area (Å²) in [4.78, 5) is 7.37. The lowest BCUT2D eigenvalue weighted by Gasteiger charge is -2.01. The van der Waals surface area contributed by atoms with Crippen LogP contribution in [0.15, 0.2) is 12.4 Å². The normalized spacial score (nSPS) is 10.3. The maximum absolute atomic E-state index is 12.0. The number of halogens is 2. The SMILES string of the molecule is CCNc1ncc(C(F)F)cn1. The van der Waals surface area contributed by atoms with E-state index in [9.17, 15) is 8.78 Å². The highest BCUT2D eigenvalue weighted by atomic mass is 19.3. The molecule has 0 radical (unpaired) electrons. The van der Waals surface area contributed by atoms with Gasteiger partial charge in [0.15, 0.2) is 0 Å². The van der Waals surface area contributed by atoms with Crippen molar-refractivity contribution in [1.82, 2.24) is 9.97 Å². The van der Waals surface area contributed by atoms with Gasteiger partial charge in [0.2, 0.25) is 5.95 Å². The number of anilines is 1. The molecule has 3 nitrogen and oxygen atoms in total. The van der Waals surface area contributed by atoms with Crippen molar-refractivity contribution in [3.8, 4) is 0 Å². The van der Waals surface area contributed by atoms with E-state index in [4.69, 9.17) is 0 Å². The number of nitrogens with one attached hydrogen (secondary N) is 1. The van der Waals surface area contributed by atoms with Crippen LogP contribution in [0.4, 0.5) is 14.7 Å². The van der Waals surface area contributed by atoms with Crippen LogP contribution in [0.3, 0.4) is 0 Å². The number of rotatable bonds is 3. The fraction of sp³-hybridized carbons (Fsp3) is 0.429. The second kappa shape index (κ2) is 3.94. The van der Waals surface area contributed by atoms with Gasteiger partial charge in [-0.2, -0.15) is 0 Å². The highest BCUT2D eigenvalue weighted by Crippen LogP contribution is 2.16. The Labute approximate surface area is 68.8 Å². The molecule has 0 saturated heterocycles. The van der Waals surface area contributed by atoms with Gasteiger partial charge in [0.1, 0.15) is 0 Å². The molecule has 1 aromatic rings. The highest BCUT2D eigenvalue weighted by molar-refractivity contribution is 5.24. The monoisotopic (exact) mass is 173 g/mol. The van der Waals surface area contributed by atoms with Crippen molar-refractivity contribution in [2.75, 3.05) is 11.9 Å². The number of nitrogens with zero attached hydrogens (tertiary/aromatic N) is 2. The number of aromatic nitrogens is 2. The Kier molecular flexibility index (Phi) is 2.90. The Morgan fingerprint density at radius 1 is 1.42 bits per heavy atom. The Morgan fingerprint density at radius 2 is 2.00 bits per heavy atom. The van der Waals surface area contributed by atoms with Gasteiger partial charge in [-0.3, -0.25) is 0 Å². The van der Waals surface area contributed by atoms with Crippen molar-refractivity contribution >= 4 is 5.95 Å². The average Bonchev–Trinajstić information content (AvgIpc) is 2.06. The van der Waals surface area contributed by atoms with Crippen LogP contribution >= 0.6 is 0 Å². The zero-order valence-corrected chi connectivity index (χ0v) is 6.59. The largest absolute Gasteiger partial charge is 0.355 e. The molecule has 0 spiro atoms. The molecular weight excluding hydrogens is 164 g/mol. The fourth-order valence-electron chi connectivity index (χ4n) is 0.700. The van der Waals surface area contributed by atoms with E-state index in [0.29, 0.717) is 12.5 Å². The maximum Gasteiger partial charge on any atom is 0.266 e. The lowest BCUT2D eigenvalue weighted by atomic mass is 10.4. The maximum atomic E-state index is 12.0. The zero-order chi connectivity index (χ0) is 8.97. The summed E-state index contributed by atoms with van der Waals surface area (Å²) in [6.07, 6.45) is -0.258. The second-order valence-electron chi connectivity index (χ2n) is 2.17. The minimum Gasteiger partial charge on any atom is -0.355 e. The second-order valence-corrected chi connectivity index (χ2v) is 2.17. The summed E-state index contributed by atoms with van der Waals surface area (Å²) < 4.78 is 24.0. The molecule has 0 fully saturated rings. The predicted octanol–water partition coefficient (Wildman–Crippen LogP) is 1.85. The first-order valence-electron chi connectivity index (χ1n) is 3.58. The molecule has 1 rings (SSSR count). The van der Waals surface area contributed by atoms with Gasteiger partial charge in [0.05, 0.1) is 5.56 Å². The van der Waals surface area contributed by atoms with Gasteiger partial charge in [-0.15, -0.1) is 0 Å². The molecular formula is C7H9F2N3. The first-order chi connectivity index (χ1) is 5.74. The summed E-state index contributed by atoms with van der Waals surface area (Å²) >= 11 is 0. The molecule has 0 saturated carbocycles. The summed E-state index contributed by atoms with van der Waals surface area (Å²) in [6, 6.07) is 0. The van der Waals surface area contributed by atoms with Crippen molar-refractivity contribution in [3.63, 3.8) is 0 Å². The summed E-state index contributed by atoms with van der Waals surface area (Å²) in [5.41, 5.74) is -0.156. The number of hydrogen-bond acceptors (Lipinski definition) is 3. The predicted molar refractivity (Wildman–Crippen MR) is 41.2 cm³/mol. The van der Waals surface area contributed by atoms with Crippen LogP contribution in [-0.2, 0) is 0 Å². The van der Waals surface area contributed by atoms with Gasteiger partial charge in [0.25, 0.3) is 6.43 Å². The molecule has 12 heavy (non-hydrogen) atoms. The summed E-state index contributed by atoms with van der Waals surface area (Å²) in [7, 11) is 0. The zero-order valence-electron chi connectivity index (χ0n) is 6.59. The molecule has 0 aliphatic carbocycles. The Hall–Kier alpha value is -1.26. The standard InChI is InChI=1S/C7H9F2N3/c1-2-10-7-11-3-5(4-12-7)6(8)9/h3-4,6H,2H2,1H3,(H,10,11,12). The molecule has 1 aromatic heterocycles. The van der Waals surface area contributed by atoms with Crippen LogP contribution in [0.25, 0.3) is 0 Å².